The van der Waals surface area contributed by atoms with Crippen LogP contribution in [0.1, 0.15) is 27.9 Å². The van der Waals surface area contributed by atoms with Gasteiger partial charge >= 0.3 is 0 Å². The molecular weight excluding hydrogens is 364 g/mol. The molecule has 0 unspecified atom stereocenters. The van der Waals surface area contributed by atoms with Crippen molar-refractivity contribution in [2.24, 2.45) is 5.73 Å². The largest absolute Gasteiger partial charge is 0.378 e. The summed E-state index contributed by atoms with van der Waals surface area (Å²) in [5, 5.41) is 0.727. The average molecular weight is 386 g/mol. The lowest BCUT2D eigenvalue weighted by Gasteiger charge is -2.26. The van der Waals surface area contributed by atoms with Crippen LogP contribution in [0.15, 0.2) is 24.3 Å². The summed E-state index contributed by atoms with van der Waals surface area (Å²) < 4.78 is 5.37. The number of aromatic nitrogens is 1. The summed E-state index contributed by atoms with van der Waals surface area (Å²) in [6, 6.07) is 8.02. The first-order valence-electron chi connectivity index (χ1n) is 9.06. The molecule has 8 heteroatoms. The first-order valence-corrected chi connectivity index (χ1v) is 9.88. The van der Waals surface area contributed by atoms with E-state index in [0.29, 0.717) is 23.8 Å². The lowest BCUT2D eigenvalue weighted by molar-refractivity contribution is -0.118. The number of morpholine rings is 1. The Morgan fingerprint density at radius 3 is 2.78 bits per heavy atom. The van der Waals surface area contributed by atoms with Gasteiger partial charge in [-0.1, -0.05) is 29.5 Å². The Labute approximate surface area is 161 Å². The van der Waals surface area contributed by atoms with Crippen molar-refractivity contribution in [1.29, 1.82) is 0 Å². The number of nitrogens with two attached hydrogens (primary N) is 1. The van der Waals surface area contributed by atoms with E-state index in [1.807, 2.05) is 36.1 Å². The Morgan fingerprint density at radius 2 is 2.04 bits per heavy atom. The van der Waals surface area contributed by atoms with Gasteiger partial charge < -0.3 is 20.3 Å². The molecule has 27 heavy (non-hydrogen) atoms. The minimum Gasteiger partial charge on any atom is -0.378 e. The van der Waals surface area contributed by atoms with Gasteiger partial charge in [-0.05, 0) is 25.0 Å². The molecule has 0 saturated carbocycles. The summed E-state index contributed by atoms with van der Waals surface area (Å²) in [6.45, 7) is 4.72. The van der Waals surface area contributed by atoms with Crippen LogP contribution in [0.4, 0.5) is 10.8 Å². The highest BCUT2D eigenvalue weighted by molar-refractivity contribution is 7.17. The summed E-state index contributed by atoms with van der Waals surface area (Å²) >= 11 is 1.26. The molecule has 1 fully saturated rings. The molecule has 2 aromatic rings. The number of fused-ring (bicyclic) bond motifs is 1. The lowest BCUT2D eigenvalue weighted by Crippen LogP contribution is -2.37. The van der Waals surface area contributed by atoms with E-state index in [9.17, 15) is 9.59 Å². The maximum absolute atomic E-state index is 13.1. The number of carbonyl (C=O) groups excluding carboxylic acids is 2. The maximum Gasteiger partial charge on any atom is 0.260 e. The van der Waals surface area contributed by atoms with Crippen LogP contribution in [-0.2, 0) is 22.4 Å². The van der Waals surface area contributed by atoms with Crippen molar-refractivity contribution >= 4 is 34.0 Å². The molecule has 0 aliphatic carbocycles. The van der Waals surface area contributed by atoms with Crippen LogP contribution in [0.25, 0.3) is 0 Å². The van der Waals surface area contributed by atoms with Gasteiger partial charge in [0, 0.05) is 24.8 Å². The molecule has 1 aromatic heterocycles. The molecule has 0 bridgehead atoms. The number of primary amides is 1. The second-order valence-corrected chi connectivity index (χ2v) is 7.84. The van der Waals surface area contributed by atoms with Crippen molar-refractivity contribution in [2.75, 3.05) is 36.1 Å². The number of para-hydroxylation sites is 1. The molecule has 1 saturated heterocycles. The SMILES string of the molecule is C[C@H]1Cc2ccccc2N1C(=O)Cc1nc(N2CCOCC2)sc1C(N)=O. The van der Waals surface area contributed by atoms with Gasteiger partial charge in [-0.2, -0.15) is 0 Å². The highest BCUT2D eigenvalue weighted by atomic mass is 32.1. The zero-order chi connectivity index (χ0) is 19.0. The number of amides is 2. The van der Waals surface area contributed by atoms with E-state index in [0.717, 1.165) is 30.3 Å². The van der Waals surface area contributed by atoms with Gasteiger partial charge in [-0.3, -0.25) is 9.59 Å². The van der Waals surface area contributed by atoms with Crippen molar-refractivity contribution in [1.82, 2.24) is 4.98 Å². The molecule has 3 heterocycles. The first-order chi connectivity index (χ1) is 13.0. The van der Waals surface area contributed by atoms with E-state index >= 15 is 0 Å². The molecule has 4 rings (SSSR count). The van der Waals surface area contributed by atoms with Crippen LogP contribution >= 0.6 is 11.3 Å². The summed E-state index contributed by atoms with van der Waals surface area (Å²) in [5.74, 6) is -0.599. The number of ether oxygens (including phenoxy) is 1. The normalized spacial score (nSPS) is 19.2. The fraction of sp³-hybridized carbons (Fsp3) is 0.421. The fourth-order valence-corrected chi connectivity index (χ4v) is 4.70. The van der Waals surface area contributed by atoms with Gasteiger partial charge in [-0.25, -0.2) is 4.98 Å². The summed E-state index contributed by atoms with van der Waals surface area (Å²) in [5.41, 5.74) is 8.13. The highest BCUT2D eigenvalue weighted by Crippen LogP contribution is 2.33. The molecule has 0 spiro atoms. The van der Waals surface area contributed by atoms with E-state index in [1.165, 1.54) is 16.9 Å². The quantitative estimate of drug-likeness (QED) is 0.862. The van der Waals surface area contributed by atoms with E-state index in [-0.39, 0.29) is 18.4 Å². The van der Waals surface area contributed by atoms with Crippen LogP contribution in [-0.4, -0.2) is 49.1 Å². The molecule has 0 radical (unpaired) electrons. The van der Waals surface area contributed by atoms with Crippen LogP contribution in [0.3, 0.4) is 0 Å². The molecule has 2 N–H and O–H groups in total. The number of anilines is 2. The monoisotopic (exact) mass is 386 g/mol. The maximum atomic E-state index is 13.1. The predicted octanol–water partition coefficient (Wildman–Crippen LogP) is 1.60. The van der Waals surface area contributed by atoms with Crippen LogP contribution in [0, 0.1) is 0 Å². The number of thiazole rings is 1. The molecule has 1 atom stereocenters. The Morgan fingerprint density at radius 1 is 1.30 bits per heavy atom. The molecule has 7 nitrogen and oxygen atoms in total. The fourth-order valence-electron chi connectivity index (χ4n) is 3.72. The third kappa shape index (κ3) is 3.42. The second kappa shape index (κ2) is 7.28. The average Bonchev–Trinajstić information content (AvgIpc) is 3.22. The van der Waals surface area contributed by atoms with Gasteiger partial charge in [0.05, 0.1) is 25.3 Å². The first kappa shape index (κ1) is 17.9. The standard InChI is InChI=1S/C19H22N4O3S/c1-12-10-13-4-2-3-5-15(13)23(12)16(24)11-14-17(18(20)25)27-19(21-14)22-6-8-26-9-7-22/h2-5,12H,6-11H2,1H3,(H2,20,25)/t12-/m0/s1. The number of hydrogen-bond acceptors (Lipinski definition) is 6. The number of hydrogen-bond donors (Lipinski definition) is 1. The Bertz CT molecular complexity index is 876. The molecule has 2 aliphatic heterocycles. The number of carbonyl (C=O) groups is 2. The van der Waals surface area contributed by atoms with E-state index in [1.54, 1.807) is 0 Å². The zero-order valence-corrected chi connectivity index (χ0v) is 16.0. The van der Waals surface area contributed by atoms with Crippen LogP contribution in [0.5, 0.6) is 0 Å². The van der Waals surface area contributed by atoms with E-state index in [2.05, 4.69) is 9.88 Å². The summed E-state index contributed by atoms with van der Waals surface area (Å²) in [6.07, 6.45) is 0.901. The number of nitrogens with zero attached hydrogens (tertiary/aromatic N) is 3. The molecule has 2 aliphatic rings. The molecule has 2 amide bonds. The van der Waals surface area contributed by atoms with Crippen LogP contribution in [0.2, 0.25) is 0 Å². The third-order valence-corrected chi connectivity index (χ3v) is 6.16. The van der Waals surface area contributed by atoms with Crippen LogP contribution < -0.4 is 15.5 Å². The van der Waals surface area contributed by atoms with Gasteiger partial charge in [0.15, 0.2) is 5.13 Å². The van der Waals surface area contributed by atoms with Crippen molar-refractivity contribution in [3.8, 4) is 0 Å². The zero-order valence-electron chi connectivity index (χ0n) is 15.2. The van der Waals surface area contributed by atoms with Gasteiger partial charge in [-0.15, -0.1) is 0 Å². The van der Waals surface area contributed by atoms with E-state index in [4.69, 9.17) is 10.5 Å². The summed E-state index contributed by atoms with van der Waals surface area (Å²) in [7, 11) is 0. The van der Waals surface area contributed by atoms with Crippen molar-refractivity contribution in [2.45, 2.75) is 25.8 Å². The van der Waals surface area contributed by atoms with E-state index < -0.39 is 5.91 Å². The Kier molecular flexibility index (Phi) is 4.84. The lowest BCUT2D eigenvalue weighted by atomic mass is 10.1. The van der Waals surface area contributed by atoms with Gasteiger partial charge in [0.25, 0.3) is 5.91 Å². The smallest absolute Gasteiger partial charge is 0.260 e. The Hall–Kier alpha value is -2.45. The van der Waals surface area contributed by atoms with Crippen molar-refractivity contribution in [3.63, 3.8) is 0 Å². The predicted molar refractivity (Wildman–Crippen MR) is 104 cm³/mol. The number of rotatable bonds is 4. The minimum absolute atomic E-state index is 0.0613. The molecule has 1 aromatic carbocycles. The minimum atomic E-state index is -0.537. The van der Waals surface area contributed by atoms with Crippen molar-refractivity contribution < 1.29 is 14.3 Å². The second-order valence-electron chi connectivity index (χ2n) is 6.86. The highest BCUT2D eigenvalue weighted by Gasteiger charge is 2.32. The molecule has 142 valence electrons. The topological polar surface area (TPSA) is 88.8 Å². The molecular formula is C19H22N4O3S. The third-order valence-electron chi connectivity index (χ3n) is 4.99. The Balaban J connectivity index is 1.59. The van der Waals surface area contributed by atoms with Gasteiger partial charge in [0.2, 0.25) is 5.91 Å². The van der Waals surface area contributed by atoms with Crippen molar-refractivity contribution in [3.05, 3.63) is 40.4 Å². The summed E-state index contributed by atoms with van der Waals surface area (Å²) in [4.78, 5) is 33.8. The number of benzene rings is 1. The van der Waals surface area contributed by atoms with Gasteiger partial charge in [0.1, 0.15) is 4.88 Å².